The summed E-state index contributed by atoms with van der Waals surface area (Å²) in [7, 11) is 2.11. The van der Waals surface area contributed by atoms with Gasteiger partial charge in [-0.15, -0.1) is 10.2 Å². The van der Waals surface area contributed by atoms with Crippen molar-refractivity contribution in [1.82, 2.24) is 15.1 Å². The van der Waals surface area contributed by atoms with Gasteiger partial charge in [0.15, 0.2) is 0 Å². The first-order valence-electron chi connectivity index (χ1n) is 10.2. The molecule has 2 heterocycles. The molecule has 2 N–H and O–H groups in total. The van der Waals surface area contributed by atoms with Crippen LogP contribution in [0.1, 0.15) is 29.0 Å². The normalized spacial score (nSPS) is 16.9. The number of nitrogen functional groups attached to an aromatic ring is 1. The third kappa shape index (κ3) is 3.31. The van der Waals surface area contributed by atoms with Crippen molar-refractivity contribution in [2.24, 2.45) is 0 Å². The van der Waals surface area contributed by atoms with Gasteiger partial charge in [0.2, 0.25) is 0 Å². The minimum Gasteiger partial charge on any atom is -0.382 e. The average Bonchev–Trinajstić information content (AvgIpc) is 2.92. The number of aromatic nitrogens is 2. The van der Waals surface area contributed by atoms with Crippen LogP contribution in [0, 0.1) is 5.82 Å². The summed E-state index contributed by atoms with van der Waals surface area (Å²) in [5, 5.41) is 9.80. The number of nitrogens with zero attached hydrogens (tertiary/aromatic N) is 3. The van der Waals surface area contributed by atoms with Gasteiger partial charge in [0.25, 0.3) is 0 Å². The molecule has 1 atom stereocenters. The number of hydrogen-bond acceptors (Lipinski definition) is 4. The molecule has 5 rings (SSSR count). The molecule has 0 saturated heterocycles. The van der Waals surface area contributed by atoms with Crippen LogP contribution < -0.4 is 5.73 Å². The second-order valence-corrected chi connectivity index (χ2v) is 8.03. The Hall–Kier alpha value is -3.31. The molecule has 1 aromatic heterocycles. The number of nitrogens with two attached hydrogens (primary N) is 1. The second-order valence-electron chi connectivity index (χ2n) is 8.03. The summed E-state index contributed by atoms with van der Waals surface area (Å²) >= 11 is 0. The van der Waals surface area contributed by atoms with Gasteiger partial charge in [-0.3, -0.25) is 0 Å². The highest BCUT2D eigenvalue weighted by atomic mass is 19.1. The van der Waals surface area contributed by atoms with Gasteiger partial charge < -0.3 is 10.6 Å². The van der Waals surface area contributed by atoms with Crippen molar-refractivity contribution in [3.05, 3.63) is 89.2 Å². The molecule has 0 spiro atoms. The fourth-order valence-corrected chi connectivity index (χ4v) is 4.46. The van der Waals surface area contributed by atoms with E-state index in [1.54, 1.807) is 6.07 Å². The Morgan fingerprint density at radius 3 is 2.63 bits per heavy atom. The Balaban J connectivity index is 1.62. The molecule has 1 aliphatic rings. The van der Waals surface area contributed by atoms with Crippen LogP contribution in [-0.4, -0.2) is 28.7 Å². The van der Waals surface area contributed by atoms with Crippen molar-refractivity contribution in [1.29, 1.82) is 0 Å². The molecule has 4 nitrogen and oxygen atoms in total. The predicted molar refractivity (Wildman–Crippen MR) is 119 cm³/mol. The van der Waals surface area contributed by atoms with Crippen LogP contribution in [0.3, 0.4) is 0 Å². The molecule has 1 unspecified atom stereocenters. The highest BCUT2D eigenvalue weighted by Crippen LogP contribution is 2.38. The van der Waals surface area contributed by atoms with E-state index >= 15 is 4.39 Å². The maximum atomic E-state index is 15.5. The van der Waals surface area contributed by atoms with E-state index in [4.69, 9.17) is 5.73 Å². The molecule has 5 heteroatoms. The first-order valence-corrected chi connectivity index (χ1v) is 10.2. The fraction of sp³-hybridized carbons (Fsp3) is 0.200. The largest absolute Gasteiger partial charge is 0.382 e. The SMILES string of the molecule is CN1CCC(c2ccc3ccccc3c2F)c2ccc(-c3ccc(N)nn3)cc2C1. The first kappa shape index (κ1) is 18.7. The summed E-state index contributed by atoms with van der Waals surface area (Å²) in [6, 6.07) is 21.6. The summed E-state index contributed by atoms with van der Waals surface area (Å²) in [4.78, 5) is 2.29. The van der Waals surface area contributed by atoms with Crippen molar-refractivity contribution in [2.45, 2.75) is 18.9 Å². The molecule has 30 heavy (non-hydrogen) atoms. The molecule has 0 saturated carbocycles. The van der Waals surface area contributed by atoms with Crippen LogP contribution >= 0.6 is 0 Å². The van der Waals surface area contributed by atoms with Crippen LogP contribution in [0.25, 0.3) is 22.0 Å². The molecule has 0 bridgehead atoms. The van der Waals surface area contributed by atoms with Crippen LogP contribution in [0.5, 0.6) is 0 Å². The van der Waals surface area contributed by atoms with E-state index in [1.807, 2.05) is 42.5 Å². The van der Waals surface area contributed by atoms with Crippen molar-refractivity contribution in [3.8, 4) is 11.3 Å². The van der Waals surface area contributed by atoms with Crippen LogP contribution in [0.4, 0.5) is 10.2 Å². The molecule has 150 valence electrons. The Morgan fingerprint density at radius 2 is 1.80 bits per heavy atom. The molecule has 0 amide bonds. The lowest BCUT2D eigenvalue weighted by Gasteiger charge is -2.20. The third-order valence-electron chi connectivity index (χ3n) is 6.01. The van der Waals surface area contributed by atoms with Gasteiger partial charge in [0, 0.05) is 23.4 Å². The van der Waals surface area contributed by atoms with Crippen LogP contribution in [0.15, 0.2) is 66.7 Å². The first-order chi connectivity index (χ1) is 14.6. The van der Waals surface area contributed by atoms with E-state index in [0.29, 0.717) is 11.2 Å². The standard InChI is InChI=1S/C25H23FN4/c1-30-13-12-21(22-9-6-16-4-2-3-5-20(16)25(22)26)19-8-7-17(14-18(19)15-30)23-10-11-24(27)29-28-23/h2-11,14,21H,12-13,15H2,1H3,(H2,27,29). The van der Waals surface area contributed by atoms with Crippen molar-refractivity contribution in [2.75, 3.05) is 19.3 Å². The van der Waals surface area contributed by atoms with E-state index in [0.717, 1.165) is 41.7 Å². The zero-order valence-electron chi connectivity index (χ0n) is 16.8. The molecule has 0 radical (unpaired) electrons. The lowest BCUT2D eigenvalue weighted by molar-refractivity contribution is 0.328. The third-order valence-corrected chi connectivity index (χ3v) is 6.01. The molecular weight excluding hydrogens is 375 g/mol. The van der Waals surface area contributed by atoms with Crippen LogP contribution in [-0.2, 0) is 6.54 Å². The monoisotopic (exact) mass is 398 g/mol. The number of halogens is 1. The molecular formula is C25H23FN4. The highest BCUT2D eigenvalue weighted by molar-refractivity contribution is 5.84. The van der Waals surface area contributed by atoms with Gasteiger partial charge in [-0.1, -0.05) is 48.5 Å². The van der Waals surface area contributed by atoms with Gasteiger partial charge in [-0.05, 0) is 60.3 Å². The zero-order chi connectivity index (χ0) is 20.7. The summed E-state index contributed by atoms with van der Waals surface area (Å²) in [5.41, 5.74) is 10.6. The van der Waals surface area contributed by atoms with E-state index in [2.05, 4.69) is 40.3 Å². The quantitative estimate of drug-likeness (QED) is 0.517. The molecule has 1 aliphatic heterocycles. The van der Waals surface area contributed by atoms with E-state index in [-0.39, 0.29) is 11.7 Å². The van der Waals surface area contributed by atoms with Crippen molar-refractivity contribution >= 4 is 16.6 Å². The summed E-state index contributed by atoms with van der Waals surface area (Å²) in [5.74, 6) is 0.309. The lowest BCUT2D eigenvalue weighted by Crippen LogP contribution is -2.17. The van der Waals surface area contributed by atoms with Crippen LogP contribution in [0.2, 0.25) is 0 Å². The van der Waals surface area contributed by atoms with Gasteiger partial charge in [-0.25, -0.2) is 4.39 Å². The maximum Gasteiger partial charge on any atom is 0.146 e. The predicted octanol–water partition coefficient (Wildman–Crippen LogP) is 4.99. The summed E-state index contributed by atoms with van der Waals surface area (Å²) in [6.45, 7) is 1.72. The average molecular weight is 398 g/mol. The second kappa shape index (κ2) is 7.50. The summed E-state index contributed by atoms with van der Waals surface area (Å²) in [6.07, 6.45) is 0.875. The molecule has 3 aromatic carbocycles. The highest BCUT2D eigenvalue weighted by Gasteiger charge is 2.26. The number of benzene rings is 3. The van der Waals surface area contributed by atoms with E-state index in [9.17, 15) is 0 Å². The Morgan fingerprint density at radius 1 is 0.967 bits per heavy atom. The number of fused-ring (bicyclic) bond motifs is 2. The maximum absolute atomic E-state index is 15.5. The smallest absolute Gasteiger partial charge is 0.146 e. The Kier molecular flexibility index (Phi) is 4.68. The minimum absolute atomic E-state index is 0.0149. The number of anilines is 1. The van der Waals surface area contributed by atoms with E-state index in [1.165, 1.54) is 11.1 Å². The molecule has 0 aliphatic carbocycles. The van der Waals surface area contributed by atoms with E-state index < -0.39 is 0 Å². The molecule has 4 aromatic rings. The lowest BCUT2D eigenvalue weighted by atomic mass is 9.84. The van der Waals surface area contributed by atoms with Gasteiger partial charge in [-0.2, -0.15) is 0 Å². The van der Waals surface area contributed by atoms with Gasteiger partial charge in [0.1, 0.15) is 11.6 Å². The Labute approximate surface area is 175 Å². The topological polar surface area (TPSA) is 55.0 Å². The number of rotatable bonds is 2. The summed E-state index contributed by atoms with van der Waals surface area (Å²) < 4.78 is 15.5. The zero-order valence-corrected chi connectivity index (χ0v) is 16.8. The van der Waals surface area contributed by atoms with Crippen molar-refractivity contribution < 1.29 is 4.39 Å². The Bertz CT molecular complexity index is 1220. The molecule has 0 fully saturated rings. The van der Waals surface area contributed by atoms with Gasteiger partial charge in [0.05, 0.1) is 5.69 Å². The van der Waals surface area contributed by atoms with Crippen molar-refractivity contribution in [3.63, 3.8) is 0 Å². The minimum atomic E-state index is -0.109. The fourth-order valence-electron chi connectivity index (χ4n) is 4.46. The van der Waals surface area contributed by atoms with Gasteiger partial charge >= 0.3 is 0 Å². The number of hydrogen-bond donors (Lipinski definition) is 1.